The lowest BCUT2D eigenvalue weighted by molar-refractivity contribution is 0.0957. The molecule has 0 fully saturated rings. The fraction of sp³-hybridized carbons (Fsp3) is 0.588. The van der Waals surface area contributed by atoms with Gasteiger partial charge in [0.15, 0.2) is 5.78 Å². The number of Topliss-reactive ketones (excluding diaryl/α,β-unsaturated/α-hetero) is 1. The Bertz CT molecular complexity index is 439. The van der Waals surface area contributed by atoms with Gasteiger partial charge in [-0.3, -0.25) is 4.79 Å². The van der Waals surface area contributed by atoms with Crippen LogP contribution in [0.25, 0.3) is 0 Å². The van der Waals surface area contributed by atoms with Crippen molar-refractivity contribution in [2.75, 3.05) is 11.9 Å². The second kappa shape index (κ2) is 6.74. The van der Waals surface area contributed by atoms with Crippen LogP contribution in [0.1, 0.15) is 61.9 Å². The number of anilines is 1. The molecule has 0 saturated heterocycles. The van der Waals surface area contributed by atoms with Crippen LogP contribution in [0.5, 0.6) is 0 Å². The summed E-state index contributed by atoms with van der Waals surface area (Å²) in [5, 5.41) is 3.33. The molecule has 1 aliphatic rings. The molecule has 0 saturated carbocycles. The molecule has 1 aliphatic heterocycles. The predicted octanol–water partition coefficient (Wildman–Crippen LogP) is 4.44. The van der Waals surface area contributed by atoms with Crippen molar-refractivity contribution in [3.05, 3.63) is 29.3 Å². The topological polar surface area (TPSA) is 29.1 Å². The molecule has 1 aromatic rings. The summed E-state index contributed by atoms with van der Waals surface area (Å²) in [6, 6.07) is 6.12. The summed E-state index contributed by atoms with van der Waals surface area (Å²) < 4.78 is 0. The number of ketones is 1. The third kappa shape index (κ3) is 3.59. The van der Waals surface area contributed by atoms with Gasteiger partial charge in [0.25, 0.3) is 0 Å². The number of rotatable bonds is 7. The monoisotopic (exact) mass is 259 g/mol. The Hall–Kier alpha value is -1.31. The molecular weight excluding hydrogens is 234 g/mol. The molecular formula is C17H25NO. The quantitative estimate of drug-likeness (QED) is 0.733. The third-order valence-corrected chi connectivity index (χ3v) is 4.15. The van der Waals surface area contributed by atoms with Crippen LogP contribution < -0.4 is 5.32 Å². The number of hydrogen-bond donors (Lipinski definition) is 1. The standard InChI is InChI=1S/C17H25NO/c1-3-5-6-13(4-2)11-17(19)15-7-8-16-14(12-15)9-10-18-16/h7-8,12-13,18H,3-6,9-11H2,1-2H3. The summed E-state index contributed by atoms with van der Waals surface area (Å²) in [4.78, 5) is 12.4. The van der Waals surface area contributed by atoms with Gasteiger partial charge in [0.05, 0.1) is 0 Å². The molecule has 0 radical (unpaired) electrons. The molecule has 2 nitrogen and oxygen atoms in total. The second-order valence-electron chi connectivity index (χ2n) is 5.59. The van der Waals surface area contributed by atoms with Crippen molar-refractivity contribution in [3.8, 4) is 0 Å². The molecule has 2 rings (SSSR count). The average Bonchev–Trinajstić information content (AvgIpc) is 2.90. The third-order valence-electron chi connectivity index (χ3n) is 4.15. The lowest BCUT2D eigenvalue weighted by atomic mass is 9.91. The summed E-state index contributed by atoms with van der Waals surface area (Å²) in [6.07, 6.45) is 6.50. The van der Waals surface area contributed by atoms with E-state index in [2.05, 4.69) is 31.3 Å². The first-order chi connectivity index (χ1) is 9.24. The van der Waals surface area contributed by atoms with Crippen molar-refractivity contribution in [1.29, 1.82) is 0 Å². The maximum atomic E-state index is 12.4. The van der Waals surface area contributed by atoms with E-state index in [4.69, 9.17) is 0 Å². The Morgan fingerprint density at radius 3 is 2.95 bits per heavy atom. The largest absolute Gasteiger partial charge is 0.384 e. The number of unbranched alkanes of at least 4 members (excludes halogenated alkanes) is 1. The molecule has 19 heavy (non-hydrogen) atoms. The molecule has 1 atom stereocenters. The summed E-state index contributed by atoms with van der Waals surface area (Å²) in [7, 11) is 0. The minimum absolute atomic E-state index is 0.317. The zero-order valence-electron chi connectivity index (χ0n) is 12.2. The highest BCUT2D eigenvalue weighted by molar-refractivity contribution is 5.97. The van der Waals surface area contributed by atoms with Gasteiger partial charge in [-0.15, -0.1) is 0 Å². The van der Waals surface area contributed by atoms with E-state index < -0.39 is 0 Å². The molecule has 1 N–H and O–H groups in total. The Labute approximate surface area is 116 Å². The highest BCUT2D eigenvalue weighted by Crippen LogP contribution is 2.25. The van der Waals surface area contributed by atoms with Crippen molar-refractivity contribution < 1.29 is 4.79 Å². The lowest BCUT2D eigenvalue weighted by Gasteiger charge is -2.13. The van der Waals surface area contributed by atoms with E-state index in [-0.39, 0.29) is 0 Å². The minimum atomic E-state index is 0.317. The van der Waals surface area contributed by atoms with E-state index in [1.807, 2.05) is 6.07 Å². The van der Waals surface area contributed by atoms with Crippen LogP contribution in [0.3, 0.4) is 0 Å². The minimum Gasteiger partial charge on any atom is -0.384 e. The Balaban J connectivity index is 1.99. The van der Waals surface area contributed by atoms with Crippen LogP contribution in [0.15, 0.2) is 18.2 Å². The van der Waals surface area contributed by atoms with Gasteiger partial charge in [-0.25, -0.2) is 0 Å². The molecule has 2 heteroatoms. The summed E-state index contributed by atoms with van der Waals surface area (Å²) >= 11 is 0. The van der Waals surface area contributed by atoms with Gasteiger partial charge in [-0.1, -0.05) is 39.5 Å². The molecule has 0 bridgehead atoms. The van der Waals surface area contributed by atoms with Gasteiger partial charge in [-0.2, -0.15) is 0 Å². The summed E-state index contributed by atoms with van der Waals surface area (Å²) in [5.74, 6) is 0.872. The fourth-order valence-electron chi connectivity index (χ4n) is 2.80. The van der Waals surface area contributed by atoms with Crippen LogP contribution in [-0.2, 0) is 6.42 Å². The van der Waals surface area contributed by atoms with Gasteiger partial charge < -0.3 is 5.32 Å². The van der Waals surface area contributed by atoms with Crippen molar-refractivity contribution in [3.63, 3.8) is 0 Å². The maximum Gasteiger partial charge on any atom is 0.163 e. The average molecular weight is 259 g/mol. The molecule has 0 aromatic heterocycles. The smallest absolute Gasteiger partial charge is 0.163 e. The normalized spacial score (nSPS) is 14.8. The van der Waals surface area contributed by atoms with Crippen molar-refractivity contribution in [2.45, 2.75) is 52.4 Å². The number of hydrogen-bond acceptors (Lipinski definition) is 2. The maximum absolute atomic E-state index is 12.4. The van der Waals surface area contributed by atoms with Crippen LogP contribution >= 0.6 is 0 Å². The molecule has 1 aromatic carbocycles. The number of fused-ring (bicyclic) bond motifs is 1. The fourth-order valence-corrected chi connectivity index (χ4v) is 2.80. The molecule has 1 unspecified atom stereocenters. The number of carbonyl (C=O) groups excluding carboxylic acids is 1. The Morgan fingerprint density at radius 2 is 2.21 bits per heavy atom. The number of carbonyl (C=O) groups is 1. The van der Waals surface area contributed by atoms with E-state index in [1.54, 1.807) is 0 Å². The first-order valence-electron chi connectivity index (χ1n) is 7.64. The van der Waals surface area contributed by atoms with Crippen molar-refractivity contribution in [2.24, 2.45) is 5.92 Å². The van der Waals surface area contributed by atoms with Gasteiger partial charge >= 0.3 is 0 Å². The van der Waals surface area contributed by atoms with Gasteiger partial charge in [0.2, 0.25) is 0 Å². The highest BCUT2D eigenvalue weighted by atomic mass is 16.1. The van der Waals surface area contributed by atoms with Crippen LogP contribution in [0, 0.1) is 5.92 Å². The lowest BCUT2D eigenvalue weighted by Crippen LogP contribution is -2.08. The van der Waals surface area contributed by atoms with Gasteiger partial charge in [0.1, 0.15) is 0 Å². The van der Waals surface area contributed by atoms with Crippen molar-refractivity contribution >= 4 is 11.5 Å². The number of nitrogens with one attached hydrogen (secondary N) is 1. The SMILES string of the molecule is CCCCC(CC)CC(=O)c1ccc2c(c1)CCN2. The van der Waals surface area contributed by atoms with Gasteiger partial charge in [0, 0.05) is 24.2 Å². The van der Waals surface area contributed by atoms with Crippen LogP contribution in [0.2, 0.25) is 0 Å². The van der Waals surface area contributed by atoms with E-state index >= 15 is 0 Å². The van der Waals surface area contributed by atoms with E-state index in [0.717, 1.165) is 24.9 Å². The molecule has 104 valence electrons. The van der Waals surface area contributed by atoms with Gasteiger partial charge in [-0.05, 0) is 36.1 Å². The highest BCUT2D eigenvalue weighted by Gasteiger charge is 2.16. The van der Waals surface area contributed by atoms with E-state index in [9.17, 15) is 4.79 Å². The summed E-state index contributed by atoms with van der Waals surface area (Å²) in [5.41, 5.74) is 3.40. The molecule has 0 spiro atoms. The van der Waals surface area contributed by atoms with E-state index in [1.165, 1.54) is 30.5 Å². The molecule has 1 heterocycles. The zero-order chi connectivity index (χ0) is 13.7. The Kier molecular flexibility index (Phi) is 5.00. The molecule has 0 amide bonds. The zero-order valence-corrected chi connectivity index (χ0v) is 12.2. The second-order valence-corrected chi connectivity index (χ2v) is 5.59. The number of benzene rings is 1. The first kappa shape index (κ1) is 14.1. The van der Waals surface area contributed by atoms with E-state index in [0.29, 0.717) is 18.1 Å². The summed E-state index contributed by atoms with van der Waals surface area (Å²) in [6.45, 7) is 5.41. The first-order valence-corrected chi connectivity index (χ1v) is 7.64. The Morgan fingerprint density at radius 1 is 1.37 bits per heavy atom. The van der Waals surface area contributed by atoms with Crippen molar-refractivity contribution in [1.82, 2.24) is 0 Å². The molecule has 0 aliphatic carbocycles. The predicted molar refractivity (Wildman–Crippen MR) is 80.9 cm³/mol. The van der Waals surface area contributed by atoms with Crippen LogP contribution in [0.4, 0.5) is 5.69 Å². The van der Waals surface area contributed by atoms with Crippen LogP contribution in [-0.4, -0.2) is 12.3 Å².